The van der Waals surface area contributed by atoms with Crippen molar-refractivity contribution in [1.29, 1.82) is 0 Å². The van der Waals surface area contributed by atoms with Crippen LogP contribution in [0.2, 0.25) is 0 Å². The molecule has 0 saturated carbocycles. The van der Waals surface area contributed by atoms with Gasteiger partial charge in [0.25, 0.3) is 0 Å². The fourth-order valence-corrected chi connectivity index (χ4v) is 6.37. The summed E-state index contributed by atoms with van der Waals surface area (Å²) in [6.07, 6.45) is 0.343. The van der Waals surface area contributed by atoms with E-state index in [0.29, 0.717) is 17.1 Å². The highest BCUT2D eigenvalue weighted by atomic mass is 32.3. The molecule has 1 aromatic rings. The Bertz CT molecular complexity index is 622. The summed E-state index contributed by atoms with van der Waals surface area (Å²) in [5.74, 6) is 0.0439. The van der Waals surface area contributed by atoms with Crippen molar-refractivity contribution in [3.8, 4) is 0 Å². The zero-order valence-electron chi connectivity index (χ0n) is 12.4. The predicted octanol–water partition coefficient (Wildman–Crippen LogP) is 2.75. The lowest BCUT2D eigenvalue weighted by atomic mass is 10.2. The lowest BCUT2D eigenvalue weighted by Crippen LogP contribution is -2.37. The van der Waals surface area contributed by atoms with Gasteiger partial charge in [0.15, 0.2) is 15.6 Å². The molecule has 3 atom stereocenters. The second-order valence-corrected chi connectivity index (χ2v) is 9.73. The Morgan fingerprint density at radius 3 is 2.43 bits per heavy atom. The van der Waals surface area contributed by atoms with Gasteiger partial charge in [0.1, 0.15) is 4.58 Å². The highest BCUT2D eigenvalue weighted by Gasteiger charge is 2.47. The van der Waals surface area contributed by atoms with Crippen molar-refractivity contribution in [3.63, 3.8) is 0 Å². The molecule has 0 radical (unpaired) electrons. The molecule has 0 spiro atoms. The molecular weight excluding hydrogens is 308 g/mol. The van der Waals surface area contributed by atoms with Gasteiger partial charge in [0, 0.05) is 12.2 Å². The molecule has 0 aliphatic carbocycles. The first-order valence-electron chi connectivity index (χ1n) is 7.06. The maximum absolute atomic E-state index is 12.7. The maximum atomic E-state index is 12.7. The summed E-state index contributed by atoms with van der Waals surface area (Å²) < 4.78 is 36.6. The van der Waals surface area contributed by atoms with Gasteiger partial charge in [-0.2, -0.15) is 0 Å². The van der Waals surface area contributed by atoms with E-state index in [-0.39, 0.29) is 12.2 Å². The van der Waals surface area contributed by atoms with Crippen LogP contribution in [0, 0.1) is 6.92 Å². The first-order valence-corrected chi connectivity index (χ1v) is 9.65. The van der Waals surface area contributed by atoms with E-state index in [1.165, 1.54) is 11.8 Å². The van der Waals surface area contributed by atoms with Crippen LogP contribution in [0.4, 0.5) is 0 Å². The van der Waals surface area contributed by atoms with Gasteiger partial charge < -0.3 is 9.47 Å². The number of aryl methyl sites for hydroxylation is 1. The molecule has 2 aliphatic rings. The van der Waals surface area contributed by atoms with E-state index in [9.17, 15) is 8.42 Å². The van der Waals surface area contributed by atoms with E-state index in [2.05, 4.69) is 0 Å². The summed E-state index contributed by atoms with van der Waals surface area (Å²) in [5, 5.41) is 0. The van der Waals surface area contributed by atoms with Crippen LogP contribution in [0.1, 0.15) is 25.8 Å². The second kappa shape index (κ2) is 5.26. The largest absolute Gasteiger partial charge is 0.344 e. The Hall–Kier alpha value is -0.560. The van der Waals surface area contributed by atoms with Crippen LogP contribution >= 0.6 is 11.8 Å². The molecule has 0 N–H and O–H groups in total. The standard InChI is InChI=1S/C15H20O4S2/c1-10-4-6-11(7-5-10)21(16,17)14-8-12-13(9-20-14)19-15(2,3)18-12/h4-7,12-14H,8-9H2,1-3H3/t12-,13+,14+/m0/s1. The molecule has 2 aliphatic heterocycles. The molecule has 2 saturated heterocycles. The summed E-state index contributed by atoms with van der Waals surface area (Å²) in [7, 11) is -3.33. The van der Waals surface area contributed by atoms with Crippen molar-refractivity contribution in [3.05, 3.63) is 29.8 Å². The molecular formula is C15H20O4S2. The number of hydrogen-bond acceptors (Lipinski definition) is 5. The Morgan fingerprint density at radius 2 is 1.76 bits per heavy atom. The molecule has 1 aromatic carbocycles. The Labute approximate surface area is 130 Å². The van der Waals surface area contributed by atoms with Gasteiger partial charge in [-0.05, 0) is 32.9 Å². The fourth-order valence-electron chi connectivity index (χ4n) is 2.81. The molecule has 0 bridgehead atoms. The molecule has 6 heteroatoms. The van der Waals surface area contributed by atoms with Gasteiger partial charge in [-0.25, -0.2) is 8.42 Å². The number of rotatable bonds is 2. The average molecular weight is 328 g/mol. The summed E-state index contributed by atoms with van der Waals surface area (Å²) in [4.78, 5) is 0.391. The highest BCUT2D eigenvalue weighted by molar-refractivity contribution is 8.13. The van der Waals surface area contributed by atoms with Crippen molar-refractivity contribution in [2.75, 3.05) is 5.75 Å². The minimum atomic E-state index is -3.33. The maximum Gasteiger partial charge on any atom is 0.190 e. The van der Waals surface area contributed by atoms with Crippen LogP contribution in [-0.4, -0.2) is 36.7 Å². The average Bonchev–Trinajstić information content (AvgIpc) is 2.71. The van der Waals surface area contributed by atoms with Crippen molar-refractivity contribution < 1.29 is 17.9 Å². The monoisotopic (exact) mass is 328 g/mol. The van der Waals surface area contributed by atoms with Crippen molar-refractivity contribution in [2.45, 2.75) is 54.7 Å². The summed E-state index contributed by atoms with van der Waals surface area (Å²) in [6, 6.07) is 7.05. The molecule has 0 aromatic heterocycles. The number of fused-ring (bicyclic) bond motifs is 1. The van der Waals surface area contributed by atoms with E-state index in [4.69, 9.17) is 9.47 Å². The van der Waals surface area contributed by atoms with E-state index in [1.54, 1.807) is 12.1 Å². The van der Waals surface area contributed by atoms with Crippen LogP contribution in [0.5, 0.6) is 0 Å². The Balaban J connectivity index is 1.80. The second-order valence-electron chi connectivity index (χ2n) is 6.07. The zero-order chi connectivity index (χ0) is 15.3. The van der Waals surface area contributed by atoms with Crippen molar-refractivity contribution in [1.82, 2.24) is 0 Å². The van der Waals surface area contributed by atoms with E-state index >= 15 is 0 Å². The Morgan fingerprint density at radius 1 is 1.14 bits per heavy atom. The first-order chi connectivity index (χ1) is 9.78. The van der Waals surface area contributed by atoms with E-state index in [0.717, 1.165) is 5.56 Å². The summed E-state index contributed by atoms with van der Waals surface area (Å²) in [5.41, 5.74) is 1.06. The van der Waals surface area contributed by atoms with Crippen molar-refractivity contribution >= 4 is 21.6 Å². The van der Waals surface area contributed by atoms with Gasteiger partial charge in [-0.1, -0.05) is 17.7 Å². The number of thioether (sulfide) groups is 1. The van der Waals surface area contributed by atoms with Crippen LogP contribution in [0.25, 0.3) is 0 Å². The van der Waals surface area contributed by atoms with Crippen LogP contribution in [0.15, 0.2) is 29.2 Å². The van der Waals surface area contributed by atoms with Gasteiger partial charge in [-0.15, -0.1) is 11.8 Å². The third-order valence-electron chi connectivity index (χ3n) is 3.85. The van der Waals surface area contributed by atoms with E-state index < -0.39 is 20.2 Å². The van der Waals surface area contributed by atoms with Crippen LogP contribution in [-0.2, 0) is 19.3 Å². The smallest absolute Gasteiger partial charge is 0.190 e. The lowest BCUT2D eigenvalue weighted by molar-refractivity contribution is -0.144. The summed E-state index contributed by atoms with van der Waals surface area (Å²) in [6.45, 7) is 5.70. The van der Waals surface area contributed by atoms with Crippen LogP contribution in [0.3, 0.4) is 0 Å². The number of ether oxygens (including phenoxy) is 2. The highest BCUT2D eigenvalue weighted by Crippen LogP contribution is 2.41. The molecule has 21 heavy (non-hydrogen) atoms. The number of hydrogen-bond donors (Lipinski definition) is 0. The molecule has 2 fully saturated rings. The van der Waals surface area contributed by atoms with Gasteiger partial charge in [-0.3, -0.25) is 0 Å². The summed E-state index contributed by atoms with van der Waals surface area (Å²) >= 11 is 1.45. The van der Waals surface area contributed by atoms with Crippen molar-refractivity contribution in [2.24, 2.45) is 0 Å². The molecule has 116 valence electrons. The minimum absolute atomic E-state index is 0.00512. The topological polar surface area (TPSA) is 52.6 Å². The molecule has 4 nitrogen and oxygen atoms in total. The Kier molecular flexibility index (Phi) is 3.84. The van der Waals surface area contributed by atoms with Gasteiger partial charge in [0.05, 0.1) is 17.1 Å². The zero-order valence-corrected chi connectivity index (χ0v) is 14.0. The quantitative estimate of drug-likeness (QED) is 0.835. The van der Waals surface area contributed by atoms with E-state index in [1.807, 2.05) is 32.9 Å². The SMILES string of the molecule is Cc1ccc(S(=O)(=O)[C@@H]2C[C@@H]3OC(C)(C)O[C@@H]3CS2)cc1. The third-order valence-corrected chi connectivity index (χ3v) is 7.92. The molecule has 0 amide bonds. The molecule has 0 unspecified atom stereocenters. The van der Waals surface area contributed by atoms with Gasteiger partial charge in [0.2, 0.25) is 0 Å². The van der Waals surface area contributed by atoms with Crippen LogP contribution < -0.4 is 0 Å². The number of benzene rings is 1. The minimum Gasteiger partial charge on any atom is -0.344 e. The number of sulfone groups is 1. The van der Waals surface area contributed by atoms with Gasteiger partial charge >= 0.3 is 0 Å². The third kappa shape index (κ3) is 2.99. The molecule has 3 rings (SSSR count). The normalized spacial score (nSPS) is 31.9. The first kappa shape index (κ1) is 15.3. The molecule has 2 heterocycles. The fraction of sp³-hybridized carbons (Fsp3) is 0.600. The lowest BCUT2D eigenvalue weighted by Gasteiger charge is -2.28. The predicted molar refractivity (Wildman–Crippen MR) is 83.1 cm³/mol.